The lowest BCUT2D eigenvalue weighted by Gasteiger charge is -2.41. The van der Waals surface area contributed by atoms with E-state index in [4.69, 9.17) is 10.5 Å². The molecule has 2 aliphatic rings. The second kappa shape index (κ2) is 3.67. The zero-order chi connectivity index (χ0) is 11.1. The summed E-state index contributed by atoms with van der Waals surface area (Å²) in [5.41, 5.74) is 6.02. The van der Waals surface area contributed by atoms with Crippen molar-refractivity contribution in [2.24, 2.45) is 16.6 Å². The predicted molar refractivity (Wildman–Crippen MR) is 60.8 cm³/mol. The van der Waals surface area contributed by atoms with E-state index in [9.17, 15) is 0 Å². The van der Waals surface area contributed by atoms with E-state index < -0.39 is 0 Å². The molecular formula is C11H21N3O. The number of nitrogens with zero attached hydrogens (tertiary/aromatic N) is 2. The Kier molecular flexibility index (Phi) is 2.63. The molecule has 0 spiro atoms. The van der Waals surface area contributed by atoms with Crippen molar-refractivity contribution in [2.75, 3.05) is 20.3 Å². The van der Waals surface area contributed by atoms with E-state index in [1.807, 2.05) is 0 Å². The molecule has 4 nitrogen and oxygen atoms in total. The molecule has 4 heteroatoms. The second-order valence-corrected chi connectivity index (χ2v) is 4.95. The van der Waals surface area contributed by atoms with Gasteiger partial charge in [-0.05, 0) is 32.6 Å². The van der Waals surface area contributed by atoms with Crippen LogP contribution in [0.3, 0.4) is 0 Å². The van der Waals surface area contributed by atoms with Crippen LogP contribution in [-0.4, -0.2) is 42.7 Å². The molecule has 0 bridgehead atoms. The Balaban J connectivity index is 2.24. The maximum absolute atomic E-state index is 5.97. The van der Waals surface area contributed by atoms with Gasteiger partial charge >= 0.3 is 0 Å². The van der Waals surface area contributed by atoms with Crippen molar-refractivity contribution < 1.29 is 4.74 Å². The van der Waals surface area contributed by atoms with E-state index in [1.165, 1.54) is 12.8 Å². The van der Waals surface area contributed by atoms with Crippen LogP contribution in [0, 0.1) is 5.92 Å². The summed E-state index contributed by atoms with van der Waals surface area (Å²) in [4.78, 5) is 6.67. The normalized spacial score (nSPS) is 31.2. The van der Waals surface area contributed by atoms with Crippen LogP contribution in [0.1, 0.15) is 26.7 Å². The maximum Gasteiger partial charge on any atom is 0.192 e. The highest BCUT2D eigenvalue weighted by molar-refractivity contribution is 5.81. The third-order valence-corrected chi connectivity index (χ3v) is 3.49. The Morgan fingerprint density at radius 1 is 1.60 bits per heavy atom. The minimum Gasteiger partial charge on any atom is -0.382 e. The molecule has 1 unspecified atom stereocenters. The van der Waals surface area contributed by atoms with Gasteiger partial charge in [0.25, 0.3) is 0 Å². The smallest absolute Gasteiger partial charge is 0.192 e. The fourth-order valence-electron chi connectivity index (χ4n) is 2.81. The quantitative estimate of drug-likeness (QED) is 0.749. The van der Waals surface area contributed by atoms with Crippen molar-refractivity contribution in [3.63, 3.8) is 0 Å². The van der Waals surface area contributed by atoms with Gasteiger partial charge in [0, 0.05) is 13.2 Å². The molecule has 2 rings (SSSR count). The highest BCUT2D eigenvalue weighted by atomic mass is 16.5. The van der Waals surface area contributed by atoms with E-state index in [0.29, 0.717) is 17.9 Å². The first-order valence-corrected chi connectivity index (χ1v) is 5.70. The van der Waals surface area contributed by atoms with Gasteiger partial charge in [-0.25, -0.2) is 0 Å². The second-order valence-electron chi connectivity index (χ2n) is 4.95. The molecular weight excluding hydrogens is 190 g/mol. The summed E-state index contributed by atoms with van der Waals surface area (Å²) in [7, 11) is 1.76. The van der Waals surface area contributed by atoms with Gasteiger partial charge in [0.1, 0.15) is 0 Å². The first-order valence-electron chi connectivity index (χ1n) is 5.70. The Bertz CT molecular complexity index is 273. The molecule has 86 valence electrons. The van der Waals surface area contributed by atoms with E-state index in [0.717, 1.165) is 13.2 Å². The van der Waals surface area contributed by atoms with Crippen LogP contribution in [-0.2, 0) is 4.74 Å². The minimum atomic E-state index is 0.0486. The van der Waals surface area contributed by atoms with Gasteiger partial charge in [-0.3, -0.25) is 4.99 Å². The summed E-state index contributed by atoms with van der Waals surface area (Å²) < 4.78 is 5.39. The molecule has 0 aromatic heterocycles. The Morgan fingerprint density at radius 2 is 2.27 bits per heavy atom. The molecule has 1 atom stereocenters. The first kappa shape index (κ1) is 10.7. The topological polar surface area (TPSA) is 50.9 Å². The van der Waals surface area contributed by atoms with E-state index >= 15 is 0 Å². The summed E-state index contributed by atoms with van der Waals surface area (Å²) in [5.74, 6) is 1.40. The monoisotopic (exact) mass is 211 g/mol. The number of hydrogen-bond acceptors (Lipinski definition) is 4. The van der Waals surface area contributed by atoms with Gasteiger partial charge in [-0.15, -0.1) is 0 Å². The highest BCUT2D eigenvalue weighted by Gasteiger charge is 2.53. The van der Waals surface area contributed by atoms with Gasteiger partial charge in [0.15, 0.2) is 5.96 Å². The van der Waals surface area contributed by atoms with Crippen LogP contribution >= 0.6 is 0 Å². The van der Waals surface area contributed by atoms with Crippen LogP contribution in [0.25, 0.3) is 0 Å². The summed E-state index contributed by atoms with van der Waals surface area (Å²) >= 11 is 0. The molecule has 1 heterocycles. The molecule has 0 saturated heterocycles. The van der Waals surface area contributed by atoms with Crippen molar-refractivity contribution in [3.8, 4) is 0 Å². The molecule has 1 aliphatic carbocycles. The lowest BCUT2D eigenvalue weighted by Crippen LogP contribution is -2.58. The van der Waals surface area contributed by atoms with Crippen LogP contribution in [0.4, 0.5) is 0 Å². The van der Waals surface area contributed by atoms with Crippen LogP contribution < -0.4 is 5.73 Å². The van der Waals surface area contributed by atoms with E-state index in [1.54, 1.807) is 7.11 Å². The number of nitrogens with two attached hydrogens (primary N) is 1. The summed E-state index contributed by atoms with van der Waals surface area (Å²) in [6, 6.07) is 0.395. The van der Waals surface area contributed by atoms with Crippen LogP contribution in [0.5, 0.6) is 0 Å². The first-order chi connectivity index (χ1) is 7.12. The molecule has 0 aromatic rings. The summed E-state index contributed by atoms with van der Waals surface area (Å²) in [6.45, 7) is 5.87. The fourth-order valence-corrected chi connectivity index (χ4v) is 2.81. The van der Waals surface area contributed by atoms with Crippen molar-refractivity contribution in [1.82, 2.24) is 4.90 Å². The third kappa shape index (κ3) is 1.61. The molecule has 15 heavy (non-hydrogen) atoms. The largest absolute Gasteiger partial charge is 0.382 e. The van der Waals surface area contributed by atoms with Crippen molar-refractivity contribution in [1.29, 1.82) is 0 Å². The Labute approximate surface area is 91.5 Å². The fraction of sp³-hybridized carbons (Fsp3) is 0.909. The molecule has 0 amide bonds. The molecule has 0 radical (unpaired) electrons. The van der Waals surface area contributed by atoms with Gasteiger partial charge in [-0.1, -0.05) is 0 Å². The number of ether oxygens (including phenoxy) is 1. The maximum atomic E-state index is 5.97. The van der Waals surface area contributed by atoms with Gasteiger partial charge in [0.05, 0.1) is 18.7 Å². The summed E-state index contributed by atoms with van der Waals surface area (Å²) in [5, 5.41) is 0. The van der Waals surface area contributed by atoms with Crippen molar-refractivity contribution in [3.05, 3.63) is 0 Å². The molecule has 0 aromatic carbocycles. The number of rotatable bonds is 4. The average Bonchev–Trinajstić information content (AvgIpc) is 2.94. The van der Waals surface area contributed by atoms with Crippen LogP contribution in [0.2, 0.25) is 0 Å². The molecule has 1 fully saturated rings. The average molecular weight is 211 g/mol. The minimum absolute atomic E-state index is 0.0486. The standard InChI is InChI=1S/C11H21N3O/c1-8(2)14-10(12)13-6-11(14,7-15-3)9-4-5-9/h8-9H,4-7H2,1-3H3,(H2,12,13). The Morgan fingerprint density at radius 3 is 2.73 bits per heavy atom. The van der Waals surface area contributed by atoms with Gasteiger partial charge in [-0.2, -0.15) is 0 Å². The van der Waals surface area contributed by atoms with Gasteiger partial charge < -0.3 is 15.4 Å². The zero-order valence-electron chi connectivity index (χ0n) is 9.86. The number of aliphatic imine (C=N–C) groups is 1. The highest BCUT2D eigenvalue weighted by Crippen LogP contribution is 2.46. The van der Waals surface area contributed by atoms with E-state index in [2.05, 4.69) is 23.7 Å². The van der Waals surface area contributed by atoms with Crippen molar-refractivity contribution in [2.45, 2.75) is 38.3 Å². The van der Waals surface area contributed by atoms with Gasteiger partial charge in [0.2, 0.25) is 0 Å². The van der Waals surface area contributed by atoms with Crippen LogP contribution in [0.15, 0.2) is 4.99 Å². The lowest BCUT2D eigenvalue weighted by molar-refractivity contribution is 0.0370. The van der Waals surface area contributed by atoms with E-state index in [-0.39, 0.29) is 5.54 Å². The third-order valence-electron chi connectivity index (χ3n) is 3.49. The zero-order valence-corrected chi connectivity index (χ0v) is 9.86. The molecule has 1 saturated carbocycles. The lowest BCUT2D eigenvalue weighted by atomic mass is 9.92. The molecule has 1 aliphatic heterocycles. The molecule has 2 N–H and O–H groups in total. The number of methoxy groups -OCH3 is 1. The van der Waals surface area contributed by atoms with Crippen molar-refractivity contribution >= 4 is 5.96 Å². The number of guanidine groups is 1. The predicted octanol–water partition coefficient (Wildman–Crippen LogP) is 0.820. The summed E-state index contributed by atoms with van der Waals surface area (Å²) in [6.07, 6.45) is 2.57. The SMILES string of the molecule is COCC1(C2CC2)CN=C(N)N1C(C)C. The Hall–Kier alpha value is -0.770. The number of hydrogen-bond donors (Lipinski definition) is 1.